The predicted molar refractivity (Wildman–Crippen MR) is 117 cm³/mol. The van der Waals surface area contributed by atoms with Crippen molar-refractivity contribution in [1.82, 2.24) is 20.3 Å². The molecule has 7 nitrogen and oxygen atoms in total. The topological polar surface area (TPSA) is 97.0 Å². The number of aromatic nitrogens is 3. The number of carbonyl (C=O) groups is 1. The van der Waals surface area contributed by atoms with Crippen molar-refractivity contribution >= 4 is 17.5 Å². The highest BCUT2D eigenvalue weighted by atomic mass is 35.5. The summed E-state index contributed by atoms with van der Waals surface area (Å²) in [4.78, 5) is 35.2. The van der Waals surface area contributed by atoms with Crippen molar-refractivity contribution in [3.63, 3.8) is 0 Å². The fourth-order valence-corrected chi connectivity index (χ4v) is 2.96. The summed E-state index contributed by atoms with van der Waals surface area (Å²) < 4.78 is 29.4. The maximum Gasteiger partial charge on any atom is 0.272 e. The minimum absolute atomic E-state index is 0.0401. The van der Waals surface area contributed by atoms with Crippen LogP contribution in [0.15, 0.2) is 47.4 Å². The van der Waals surface area contributed by atoms with Crippen LogP contribution >= 0.6 is 11.6 Å². The number of nitrogens with one attached hydrogen (secondary N) is 2. The van der Waals surface area contributed by atoms with Gasteiger partial charge in [0.05, 0.1) is 10.7 Å². The molecule has 0 aliphatic heterocycles. The number of carbonyl (C=O) groups excluding carboxylic acids is 1. The Kier molecular flexibility index (Phi) is 7.53. The molecule has 0 saturated carbocycles. The number of aromatic amines is 1. The molecule has 0 aliphatic rings. The first kappa shape index (κ1) is 23.3. The van der Waals surface area contributed by atoms with Crippen LogP contribution in [0.4, 0.5) is 8.78 Å². The average molecular weight is 463 g/mol. The molecule has 32 heavy (non-hydrogen) atoms. The number of benzene rings is 1. The van der Waals surface area contributed by atoms with Gasteiger partial charge < -0.3 is 15.0 Å². The van der Waals surface area contributed by atoms with Crippen molar-refractivity contribution in [2.45, 2.75) is 26.8 Å². The van der Waals surface area contributed by atoms with Gasteiger partial charge in [-0.3, -0.25) is 9.59 Å². The average Bonchev–Trinajstić information content (AvgIpc) is 2.76. The van der Waals surface area contributed by atoms with Gasteiger partial charge in [-0.1, -0.05) is 31.5 Å². The normalized spacial score (nSPS) is 11.1. The lowest BCUT2D eigenvalue weighted by molar-refractivity contribution is -0.124. The highest BCUT2D eigenvalue weighted by Crippen LogP contribution is 2.27. The molecule has 0 saturated heterocycles. The number of halogens is 3. The first-order valence-electron chi connectivity index (χ1n) is 9.78. The van der Waals surface area contributed by atoms with E-state index in [-0.39, 0.29) is 23.5 Å². The summed E-state index contributed by atoms with van der Waals surface area (Å²) in [6.45, 7) is 3.14. The maximum atomic E-state index is 12.3. The molecule has 2 aromatic heterocycles. The Labute approximate surface area is 187 Å². The zero-order chi connectivity index (χ0) is 23.3. The van der Waals surface area contributed by atoms with Crippen molar-refractivity contribution in [2.75, 3.05) is 6.61 Å². The van der Waals surface area contributed by atoms with Gasteiger partial charge in [0.1, 0.15) is 5.82 Å². The van der Waals surface area contributed by atoms with E-state index in [1.165, 1.54) is 18.3 Å². The van der Waals surface area contributed by atoms with Crippen molar-refractivity contribution in [3.05, 3.63) is 63.5 Å². The Morgan fingerprint density at radius 1 is 1.22 bits per heavy atom. The van der Waals surface area contributed by atoms with E-state index in [1.807, 2.05) is 0 Å². The molecule has 168 valence electrons. The number of amides is 1. The van der Waals surface area contributed by atoms with Gasteiger partial charge in [0, 0.05) is 41.9 Å². The van der Waals surface area contributed by atoms with E-state index in [0.717, 1.165) is 5.56 Å². The highest BCUT2D eigenvalue weighted by Gasteiger charge is 2.13. The summed E-state index contributed by atoms with van der Waals surface area (Å²) in [7, 11) is 0. The van der Waals surface area contributed by atoms with Crippen LogP contribution in [-0.4, -0.2) is 33.9 Å². The van der Waals surface area contributed by atoms with Gasteiger partial charge in [-0.2, -0.15) is 0 Å². The molecule has 0 spiro atoms. The quantitative estimate of drug-likeness (QED) is 0.526. The maximum absolute atomic E-state index is 12.3. The third-order valence-corrected chi connectivity index (χ3v) is 4.74. The summed E-state index contributed by atoms with van der Waals surface area (Å²) in [6, 6.07) is 9.46. The second-order valence-electron chi connectivity index (χ2n) is 7.25. The van der Waals surface area contributed by atoms with Crippen LogP contribution in [0.1, 0.15) is 19.4 Å². The molecular formula is C22H21ClF2N4O3. The molecule has 2 heterocycles. The van der Waals surface area contributed by atoms with Crippen LogP contribution in [0, 0.1) is 5.92 Å². The first-order chi connectivity index (χ1) is 15.2. The second kappa shape index (κ2) is 10.3. The summed E-state index contributed by atoms with van der Waals surface area (Å²) >= 11 is 6.34. The van der Waals surface area contributed by atoms with Gasteiger partial charge >= 0.3 is 0 Å². The summed E-state index contributed by atoms with van der Waals surface area (Å²) in [5.41, 5.74) is 1.70. The van der Waals surface area contributed by atoms with E-state index in [9.17, 15) is 18.4 Å². The zero-order valence-electron chi connectivity index (χ0n) is 17.4. The Balaban J connectivity index is 1.88. The molecule has 0 atom stereocenters. The van der Waals surface area contributed by atoms with Crippen LogP contribution in [0.5, 0.6) is 5.88 Å². The van der Waals surface area contributed by atoms with E-state index >= 15 is 0 Å². The summed E-state index contributed by atoms with van der Waals surface area (Å²) in [5, 5.41) is 3.20. The van der Waals surface area contributed by atoms with E-state index in [1.54, 1.807) is 38.1 Å². The molecule has 0 unspecified atom stereocenters. The van der Waals surface area contributed by atoms with Crippen LogP contribution < -0.4 is 15.6 Å². The zero-order valence-corrected chi connectivity index (χ0v) is 18.1. The number of ether oxygens (including phenoxy) is 1. The van der Waals surface area contributed by atoms with Gasteiger partial charge in [0.25, 0.3) is 12.0 Å². The van der Waals surface area contributed by atoms with Crippen molar-refractivity contribution < 1.29 is 18.3 Å². The number of rotatable bonds is 8. The smallest absolute Gasteiger partial charge is 0.272 e. The Hall–Kier alpha value is -3.33. The SMILES string of the molecule is CC(C)C(=O)NCc1ccc(Cl)c(-c2nc(-c3ccc(OCC(F)F)nc3)cc(=O)[nH]2)c1. The van der Waals surface area contributed by atoms with E-state index < -0.39 is 18.6 Å². The van der Waals surface area contributed by atoms with Gasteiger partial charge in [-0.15, -0.1) is 0 Å². The number of nitrogens with zero attached hydrogens (tertiary/aromatic N) is 2. The van der Waals surface area contributed by atoms with Gasteiger partial charge in [-0.25, -0.2) is 18.7 Å². The van der Waals surface area contributed by atoms with Crippen molar-refractivity contribution in [2.24, 2.45) is 5.92 Å². The first-order valence-corrected chi connectivity index (χ1v) is 10.2. The number of H-pyrrole nitrogens is 1. The fourth-order valence-electron chi connectivity index (χ4n) is 2.76. The number of pyridine rings is 1. The lowest BCUT2D eigenvalue weighted by Gasteiger charge is -2.11. The summed E-state index contributed by atoms with van der Waals surface area (Å²) in [6.07, 6.45) is -1.22. The third-order valence-electron chi connectivity index (χ3n) is 4.41. The summed E-state index contributed by atoms with van der Waals surface area (Å²) in [5.74, 6) is 0.0617. The van der Waals surface area contributed by atoms with Crippen molar-refractivity contribution in [1.29, 1.82) is 0 Å². The fraction of sp³-hybridized carbons (Fsp3) is 0.273. The van der Waals surface area contributed by atoms with E-state index in [4.69, 9.17) is 16.3 Å². The minimum Gasteiger partial charge on any atom is -0.472 e. The van der Waals surface area contributed by atoms with E-state index in [2.05, 4.69) is 20.3 Å². The van der Waals surface area contributed by atoms with Crippen LogP contribution in [0.25, 0.3) is 22.6 Å². The van der Waals surface area contributed by atoms with Gasteiger partial charge in [-0.05, 0) is 23.8 Å². The van der Waals surface area contributed by atoms with Crippen LogP contribution in [0.3, 0.4) is 0 Å². The molecule has 0 fully saturated rings. The molecule has 3 aromatic rings. The molecule has 2 N–H and O–H groups in total. The number of hydrogen-bond acceptors (Lipinski definition) is 5. The lowest BCUT2D eigenvalue weighted by atomic mass is 10.1. The molecule has 0 bridgehead atoms. The Morgan fingerprint density at radius 3 is 2.66 bits per heavy atom. The van der Waals surface area contributed by atoms with Crippen molar-refractivity contribution in [3.8, 4) is 28.5 Å². The van der Waals surface area contributed by atoms with Crippen LogP contribution in [-0.2, 0) is 11.3 Å². The molecule has 0 aliphatic carbocycles. The molecule has 1 aromatic carbocycles. The largest absolute Gasteiger partial charge is 0.472 e. The third kappa shape index (κ3) is 6.10. The Bertz CT molecular complexity index is 1150. The van der Waals surface area contributed by atoms with Gasteiger partial charge in [0.15, 0.2) is 6.61 Å². The van der Waals surface area contributed by atoms with E-state index in [0.29, 0.717) is 28.4 Å². The molecule has 3 rings (SSSR count). The number of hydrogen-bond donors (Lipinski definition) is 2. The lowest BCUT2D eigenvalue weighted by Crippen LogP contribution is -2.27. The standard InChI is InChI=1S/C22H21ClF2N4O3/c1-12(2)22(31)27-9-13-3-5-16(23)15(7-13)21-28-17(8-19(30)29-21)14-4-6-20(26-10-14)32-11-18(24)25/h3-8,10,12,18H,9,11H2,1-2H3,(H,27,31)(H,28,29,30). The second-order valence-corrected chi connectivity index (χ2v) is 7.66. The predicted octanol–water partition coefficient (Wildman–Crippen LogP) is 4.07. The highest BCUT2D eigenvalue weighted by molar-refractivity contribution is 6.33. The van der Waals surface area contributed by atoms with Crippen LogP contribution in [0.2, 0.25) is 5.02 Å². The molecular weight excluding hydrogens is 442 g/mol. The monoisotopic (exact) mass is 462 g/mol. The molecule has 1 amide bonds. The molecule has 0 radical (unpaired) electrons. The van der Waals surface area contributed by atoms with Gasteiger partial charge in [0.2, 0.25) is 11.8 Å². The Morgan fingerprint density at radius 2 is 2.00 bits per heavy atom. The minimum atomic E-state index is -2.60. The number of alkyl halides is 2. The molecule has 10 heteroatoms.